The number of hydrogen-bond donors (Lipinski definition) is 1. The summed E-state index contributed by atoms with van der Waals surface area (Å²) >= 11 is 6.41. The highest BCUT2D eigenvalue weighted by Gasteiger charge is 2.41. The predicted molar refractivity (Wildman–Crippen MR) is 210 cm³/mol. The fraction of sp³-hybridized carbons (Fsp3) is 0.659. The number of benzene rings is 2. The van der Waals surface area contributed by atoms with Crippen molar-refractivity contribution >= 4 is 39.1 Å². The molecule has 3 fully saturated rings. The fourth-order valence-corrected chi connectivity index (χ4v) is 11.1. The van der Waals surface area contributed by atoms with Crippen LogP contribution in [0.2, 0.25) is 5.02 Å². The molecule has 53 heavy (non-hydrogen) atoms. The molecule has 6 atom stereocenters. The first-order valence-electron chi connectivity index (χ1n) is 20.0. The summed E-state index contributed by atoms with van der Waals surface area (Å²) in [6.07, 6.45) is 8.06. The fourth-order valence-electron chi connectivity index (χ4n) is 9.57. The molecule has 2 aromatic rings. The third-order valence-electron chi connectivity index (χ3n) is 13.2. The Morgan fingerprint density at radius 2 is 1.74 bits per heavy atom. The van der Waals surface area contributed by atoms with Gasteiger partial charge in [-0.1, -0.05) is 31.0 Å². The zero-order valence-corrected chi connectivity index (χ0v) is 33.3. The van der Waals surface area contributed by atoms with Gasteiger partial charge in [-0.05, 0) is 117 Å². The molecule has 0 spiro atoms. The van der Waals surface area contributed by atoms with Crippen molar-refractivity contribution in [3.63, 3.8) is 0 Å². The standard InChI is InChI=1S/C41H58ClN5O5S/c1-28-7-6-9-33(23-44-17-18-45-19-20-46(30(3)48)26-37(45)25-44)38-14-11-34(38)24-47-16-5-4-8-31-21-36(42)13-10-35(31)27-52-40-15-12-32(22-39(40)47)41(49)43-53(50,51)29(28)2/h10,12-13,15,21-22,28-29,33-34,37-38H,4-9,11,14,16-20,23-27H2,1-3H3,(H,43,49)/t28?,29-,33-,34+,37+,38+/m1/s1. The average molecular weight is 768 g/mol. The van der Waals surface area contributed by atoms with Gasteiger partial charge in [0.25, 0.3) is 5.91 Å². The van der Waals surface area contributed by atoms with Crippen LogP contribution in [-0.4, -0.2) is 105 Å². The van der Waals surface area contributed by atoms with Crippen molar-refractivity contribution in [1.29, 1.82) is 0 Å². The monoisotopic (exact) mass is 767 g/mol. The lowest BCUT2D eigenvalue weighted by Crippen LogP contribution is -2.63. The third kappa shape index (κ3) is 8.84. The van der Waals surface area contributed by atoms with Crippen LogP contribution in [0.5, 0.6) is 5.75 Å². The number of piperazine rings is 2. The molecule has 7 rings (SSSR count). The van der Waals surface area contributed by atoms with Gasteiger partial charge in [-0.3, -0.25) is 14.5 Å². The molecule has 4 aliphatic heterocycles. The number of amides is 2. The number of hydrogen-bond acceptors (Lipinski definition) is 8. The van der Waals surface area contributed by atoms with Gasteiger partial charge in [0.05, 0.1) is 10.9 Å². The Morgan fingerprint density at radius 1 is 0.906 bits per heavy atom. The molecule has 290 valence electrons. The molecule has 2 aromatic carbocycles. The second-order valence-electron chi connectivity index (χ2n) is 16.6. The van der Waals surface area contributed by atoms with Gasteiger partial charge in [-0.2, -0.15) is 0 Å². The minimum Gasteiger partial charge on any atom is -0.487 e. The molecule has 12 heteroatoms. The van der Waals surface area contributed by atoms with Crippen molar-refractivity contribution in [2.75, 3.05) is 63.8 Å². The maximum absolute atomic E-state index is 13.6. The molecule has 4 heterocycles. The largest absolute Gasteiger partial charge is 0.487 e. The Hall–Kier alpha value is -2.86. The maximum Gasteiger partial charge on any atom is 0.264 e. The van der Waals surface area contributed by atoms with Crippen molar-refractivity contribution in [3.8, 4) is 5.75 Å². The molecule has 5 aliphatic rings. The maximum atomic E-state index is 13.6. The Bertz CT molecular complexity index is 1760. The minimum absolute atomic E-state index is 0.0940. The van der Waals surface area contributed by atoms with E-state index in [-0.39, 0.29) is 11.8 Å². The van der Waals surface area contributed by atoms with Crippen molar-refractivity contribution in [2.24, 2.45) is 23.7 Å². The number of carbonyl (C=O) groups is 2. The molecule has 0 aromatic heterocycles. The smallest absolute Gasteiger partial charge is 0.264 e. The van der Waals surface area contributed by atoms with E-state index >= 15 is 0 Å². The first-order chi connectivity index (χ1) is 25.4. The lowest BCUT2D eigenvalue weighted by Gasteiger charge is -2.50. The summed E-state index contributed by atoms with van der Waals surface area (Å²) in [5.41, 5.74) is 3.48. The number of anilines is 1. The molecule has 10 nitrogen and oxygen atoms in total. The molecule has 1 unspecified atom stereocenters. The van der Waals surface area contributed by atoms with Crippen LogP contribution < -0.4 is 14.4 Å². The molecular formula is C41H58ClN5O5S. The number of nitrogens with one attached hydrogen (secondary N) is 1. The van der Waals surface area contributed by atoms with E-state index in [1.165, 1.54) is 18.4 Å². The van der Waals surface area contributed by atoms with E-state index in [4.69, 9.17) is 16.3 Å². The number of aryl methyl sites for hydroxylation is 1. The number of sulfonamides is 1. The lowest BCUT2D eigenvalue weighted by atomic mass is 9.65. The van der Waals surface area contributed by atoms with Crippen LogP contribution in [0.4, 0.5) is 5.69 Å². The first kappa shape index (κ1) is 38.4. The minimum atomic E-state index is -3.90. The molecule has 1 saturated carbocycles. The zero-order chi connectivity index (χ0) is 37.3. The van der Waals surface area contributed by atoms with Gasteiger partial charge in [-0.25, -0.2) is 13.1 Å². The summed E-state index contributed by atoms with van der Waals surface area (Å²) in [6, 6.07) is 11.7. The van der Waals surface area contributed by atoms with E-state index in [9.17, 15) is 18.0 Å². The van der Waals surface area contributed by atoms with E-state index in [0.29, 0.717) is 41.7 Å². The Balaban J connectivity index is 1.18. The number of fused-ring (bicyclic) bond motifs is 4. The molecule has 1 aliphatic carbocycles. The lowest BCUT2D eigenvalue weighted by molar-refractivity contribution is -0.133. The number of ether oxygens (including phenoxy) is 1. The summed E-state index contributed by atoms with van der Waals surface area (Å²) in [5, 5.41) is 0.0229. The van der Waals surface area contributed by atoms with Crippen LogP contribution in [0, 0.1) is 23.7 Å². The van der Waals surface area contributed by atoms with E-state index in [0.717, 1.165) is 114 Å². The molecule has 1 N–H and O–H groups in total. The van der Waals surface area contributed by atoms with Gasteiger partial charge in [0.1, 0.15) is 12.4 Å². The zero-order valence-electron chi connectivity index (χ0n) is 31.8. The average Bonchev–Trinajstić information content (AvgIpc) is 3.15. The highest BCUT2D eigenvalue weighted by Crippen LogP contribution is 2.45. The second kappa shape index (κ2) is 16.5. The molecule has 2 bridgehead atoms. The van der Waals surface area contributed by atoms with Crippen molar-refractivity contribution in [1.82, 2.24) is 19.4 Å². The number of rotatable bonds is 2. The van der Waals surface area contributed by atoms with E-state index in [1.807, 2.05) is 42.2 Å². The first-order valence-corrected chi connectivity index (χ1v) is 21.9. The quantitative estimate of drug-likeness (QED) is 0.408. The van der Waals surface area contributed by atoms with Gasteiger partial charge in [-0.15, -0.1) is 0 Å². The van der Waals surface area contributed by atoms with E-state index < -0.39 is 21.2 Å². The van der Waals surface area contributed by atoms with Crippen molar-refractivity contribution in [3.05, 3.63) is 58.1 Å². The Labute approximate surface area is 321 Å². The Kier molecular flexibility index (Phi) is 11.9. The van der Waals surface area contributed by atoms with Gasteiger partial charge in [0, 0.05) is 82.5 Å². The van der Waals surface area contributed by atoms with Crippen LogP contribution in [0.3, 0.4) is 0 Å². The van der Waals surface area contributed by atoms with Gasteiger partial charge in [0.2, 0.25) is 15.9 Å². The highest BCUT2D eigenvalue weighted by molar-refractivity contribution is 7.90. The van der Waals surface area contributed by atoms with Crippen LogP contribution in [0.15, 0.2) is 36.4 Å². The van der Waals surface area contributed by atoms with Crippen molar-refractivity contribution in [2.45, 2.75) is 90.0 Å². The SMILES string of the molecule is CC(=O)N1CCN2CCN(C[C@H]3CCCC(C)[C@@H](C)S(=O)(=O)NC(=O)c4ccc5c(c4)N(CCCCc4cc(Cl)ccc4CO5)C[C@@H]4CC[C@@H]34)C[C@H]2C1. The van der Waals surface area contributed by atoms with Gasteiger partial charge in [0.15, 0.2) is 0 Å². The van der Waals surface area contributed by atoms with Crippen LogP contribution in [0.1, 0.15) is 87.2 Å². The normalized spacial score (nSPS) is 30.3. The van der Waals surface area contributed by atoms with Crippen molar-refractivity contribution < 1.29 is 22.7 Å². The molecule has 2 amide bonds. The molecular weight excluding hydrogens is 710 g/mol. The number of nitrogens with zero attached hydrogens (tertiary/aromatic N) is 4. The Morgan fingerprint density at radius 3 is 2.53 bits per heavy atom. The summed E-state index contributed by atoms with van der Waals surface area (Å²) in [5.74, 6) is 1.76. The van der Waals surface area contributed by atoms with E-state index in [2.05, 4.69) is 19.4 Å². The number of carbonyl (C=O) groups excluding carboxylic acids is 2. The van der Waals surface area contributed by atoms with Crippen LogP contribution >= 0.6 is 11.6 Å². The third-order valence-corrected chi connectivity index (χ3v) is 15.4. The molecule has 2 saturated heterocycles. The summed E-state index contributed by atoms with van der Waals surface area (Å²) < 4.78 is 36.1. The highest BCUT2D eigenvalue weighted by atomic mass is 35.5. The summed E-state index contributed by atoms with van der Waals surface area (Å²) in [4.78, 5) is 35.5. The van der Waals surface area contributed by atoms with Gasteiger partial charge >= 0.3 is 0 Å². The van der Waals surface area contributed by atoms with E-state index in [1.54, 1.807) is 19.9 Å². The van der Waals surface area contributed by atoms with Crippen LogP contribution in [0.25, 0.3) is 0 Å². The number of halogens is 1. The summed E-state index contributed by atoms with van der Waals surface area (Å²) in [7, 11) is -3.90. The van der Waals surface area contributed by atoms with Crippen LogP contribution in [-0.2, 0) is 27.8 Å². The molecule has 0 radical (unpaired) electrons. The van der Waals surface area contributed by atoms with Gasteiger partial charge < -0.3 is 19.4 Å². The predicted octanol–water partition coefficient (Wildman–Crippen LogP) is 5.82. The topological polar surface area (TPSA) is 102 Å². The second-order valence-corrected chi connectivity index (χ2v) is 19.0. The summed E-state index contributed by atoms with van der Waals surface area (Å²) in [6.45, 7) is 14.2.